The van der Waals surface area contributed by atoms with Crippen molar-refractivity contribution in [2.45, 2.75) is 118 Å². The van der Waals surface area contributed by atoms with Crippen molar-refractivity contribution in [1.29, 1.82) is 0 Å². The van der Waals surface area contributed by atoms with E-state index in [1.807, 2.05) is 0 Å². The van der Waals surface area contributed by atoms with Crippen molar-refractivity contribution in [2.24, 2.45) is 0 Å². The Bertz CT molecular complexity index is 1400. The molecule has 0 saturated carbocycles. The monoisotopic (exact) mass is 570 g/mol. The van der Waals surface area contributed by atoms with Gasteiger partial charge in [0.15, 0.2) is 0 Å². The lowest BCUT2D eigenvalue weighted by atomic mass is 9.66. The summed E-state index contributed by atoms with van der Waals surface area (Å²) in [7, 11) is 2.82. The highest BCUT2D eigenvalue weighted by Crippen LogP contribution is 2.48. The fourth-order valence-corrected chi connectivity index (χ4v) is 7.31. The molecular formula is C38H50O4. The quantitative estimate of drug-likeness (QED) is 0.198. The maximum Gasteiger partial charge on any atom is 0.339 e. The van der Waals surface area contributed by atoms with Crippen LogP contribution >= 0.6 is 0 Å². The van der Waals surface area contributed by atoms with Gasteiger partial charge in [-0.3, -0.25) is 0 Å². The maximum absolute atomic E-state index is 13.6. The van der Waals surface area contributed by atoms with Gasteiger partial charge in [0.1, 0.15) is 0 Å². The lowest BCUT2D eigenvalue weighted by molar-refractivity contribution is 0.0552. The molecule has 0 heterocycles. The van der Waals surface area contributed by atoms with Crippen LogP contribution in [0.2, 0.25) is 0 Å². The van der Waals surface area contributed by atoms with Gasteiger partial charge in [0.05, 0.1) is 25.3 Å². The lowest BCUT2D eigenvalue weighted by Gasteiger charge is -2.38. The van der Waals surface area contributed by atoms with Crippen molar-refractivity contribution in [1.82, 2.24) is 0 Å². The average Bonchev–Trinajstić information content (AvgIpc) is 2.94. The van der Waals surface area contributed by atoms with Crippen LogP contribution in [0.3, 0.4) is 0 Å². The molecule has 0 fully saturated rings. The van der Waals surface area contributed by atoms with Gasteiger partial charge in [-0.25, -0.2) is 9.59 Å². The zero-order chi connectivity index (χ0) is 31.0. The van der Waals surface area contributed by atoms with Gasteiger partial charge < -0.3 is 9.47 Å². The average molecular weight is 571 g/mol. The van der Waals surface area contributed by atoms with Gasteiger partial charge in [0, 0.05) is 0 Å². The van der Waals surface area contributed by atoms with Crippen molar-refractivity contribution >= 4 is 22.7 Å². The second-order valence-electron chi connectivity index (χ2n) is 14.0. The van der Waals surface area contributed by atoms with E-state index < -0.39 is 11.9 Å². The zero-order valence-corrected chi connectivity index (χ0v) is 27.6. The van der Waals surface area contributed by atoms with E-state index in [0.29, 0.717) is 11.1 Å². The first-order valence-corrected chi connectivity index (χ1v) is 15.7. The molecule has 1 aliphatic rings. The van der Waals surface area contributed by atoms with E-state index in [2.05, 4.69) is 79.7 Å². The maximum atomic E-state index is 13.6. The number of rotatable bonds is 8. The predicted molar refractivity (Wildman–Crippen MR) is 173 cm³/mol. The molecule has 4 heteroatoms. The van der Waals surface area contributed by atoms with E-state index in [0.717, 1.165) is 62.5 Å². The molecule has 42 heavy (non-hydrogen) atoms. The van der Waals surface area contributed by atoms with Crippen molar-refractivity contribution in [3.8, 4) is 0 Å². The molecule has 0 spiro atoms. The van der Waals surface area contributed by atoms with Crippen LogP contribution in [-0.2, 0) is 46.0 Å². The van der Waals surface area contributed by atoms with Gasteiger partial charge in [-0.1, -0.05) is 92.5 Å². The van der Waals surface area contributed by atoms with Crippen LogP contribution in [0, 0.1) is 0 Å². The molecule has 0 N–H and O–H groups in total. The SMILES string of the molecule is CCCCc1c2c(c(CCCC)c(C(=O)OC)c1C(=O)OC)Cc1c(c(C(C)(C)C)c3ccccc3c1C(C)(C)C)C2. The third kappa shape index (κ3) is 5.62. The molecule has 3 aromatic carbocycles. The molecule has 0 aliphatic heterocycles. The Labute approximate surface area is 253 Å². The number of ether oxygens (including phenoxy) is 2. The summed E-state index contributed by atoms with van der Waals surface area (Å²) in [6, 6.07) is 8.87. The molecule has 0 aromatic heterocycles. The summed E-state index contributed by atoms with van der Waals surface area (Å²) in [6.45, 7) is 18.2. The van der Waals surface area contributed by atoms with Crippen LogP contribution < -0.4 is 0 Å². The van der Waals surface area contributed by atoms with E-state index in [9.17, 15) is 9.59 Å². The first-order chi connectivity index (χ1) is 19.8. The Morgan fingerprint density at radius 2 is 1.00 bits per heavy atom. The van der Waals surface area contributed by atoms with Gasteiger partial charge >= 0.3 is 11.9 Å². The van der Waals surface area contributed by atoms with Gasteiger partial charge in [-0.05, 0) is 105 Å². The number of esters is 2. The molecule has 0 saturated heterocycles. The Balaban J connectivity index is 2.23. The fourth-order valence-electron chi connectivity index (χ4n) is 7.31. The Morgan fingerprint density at radius 1 is 0.643 bits per heavy atom. The Kier molecular flexibility index (Phi) is 9.25. The normalized spacial score (nSPS) is 13.1. The molecule has 4 nitrogen and oxygen atoms in total. The third-order valence-corrected chi connectivity index (χ3v) is 8.93. The number of methoxy groups -OCH3 is 2. The number of hydrogen-bond acceptors (Lipinski definition) is 4. The number of unbranched alkanes of at least 4 members (excludes halogenated alkanes) is 2. The summed E-state index contributed by atoms with van der Waals surface area (Å²) in [5.41, 5.74) is 10.6. The highest BCUT2D eigenvalue weighted by atomic mass is 16.5. The van der Waals surface area contributed by atoms with E-state index in [1.165, 1.54) is 58.4 Å². The van der Waals surface area contributed by atoms with Gasteiger partial charge in [0.25, 0.3) is 0 Å². The lowest BCUT2D eigenvalue weighted by Crippen LogP contribution is -2.28. The van der Waals surface area contributed by atoms with E-state index >= 15 is 0 Å². The van der Waals surface area contributed by atoms with Crippen LogP contribution in [0.1, 0.15) is 146 Å². The number of fused-ring (bicyclic) bond motifs is 3. The minimum atomic E-state index is -0.446. The van der Waals surface area contributed by atoms with Crippen LogP contribution in [0.4, 0.5) is 0 Å². The molecule has 0 atom stereocenters. The summed E-state index contributed by atoms with van der Waals surface area (Å²) >= 11 is 0. The van der Waals surface area contributed by atoms with Crippen molar-refractivity contribution in [3.63, 3.8) is 0 Å². The summed E-state index contributed by atoms with van der Waals surface area (Å²) < 4.78 is 10.7. The third-order valence-electron chi connectivity index (χ3n) is 8.93. The molecular weight excluding hydrogens is 520 g/mol. The number of carbonyl (C=O) groups excluding carboxylic acids is 2. The topological polar surface area (TPSA) is 52.6 Å². The van der Waals surface area contributed by atoms with Gasteiger partial charge in [-0.2, -0.15) is 0 Å². The molecule has 0 bridgehead atoms. The first-order valence-electron chi connectivity index (χ1n) is 15.7. The molecule has 0 radical (unpaired) electrons. The number of hydrogen-bond donors (Lipinski definition) is 0. The number of carbonyl (C=O) groups is 2. The van der Waals surface area contributed by atoms with Gasteiger partial charge in [0.2, 0.25) is 0 Å². The van der Waals surface area contributed by atoms with Crippen LogP contribution in [-0.4, -0.2) is 26.2 Å². The standard InChI is InChI=1S/C38H50O4/c1-11-13-17-23-27-21-29-30(34(38(6,7)8)26-20-16-15-19-25(26)33(29)37(3,4)5)22-28(27)24(18-14-12-2)32(36(40)42-10)31(23)35(39)41-9/h15-16,19-20H,11-14,17-18,21-22H2,1-10H3. The Morgan fingerprint density at radius 3 is 1.29 bits per heavy atom. The van der Waals surface area contributed by atoms with Crippen molar-refractivity contribution < 1.29 is 19.1 Å². The Hall–Kier alpha value is -3.14. The molecule has 3 aromatic rings. The first kappa shape index (κ1) is 31.8. The summed E-state index contributed by atoms with van der Waals surface area (Å²) in [6.07, 6.45) is 6.77. The van der Waals surface area contributed by atoms with E-state index in [4.69, 9.17) is 9.47 Å². The molecule has 1 aliphatic carbocycles. The highest BCUT2D eigenvalue weighted by molar-refractivity contribution is 6.06. The molecule has 4 rings (SSSR count). The van der Waals surface area contributed by atoms with Crippen molar-refractivity contribution in [2.75, 3.05) is 14.2 Å². The predicted octanol–water partition coefficient (Wildman–Crippen LogP) is 9.19. The van der Waals surface area contributed by atoms with Gasteiger partial charge in [-0.15, -0.1) is 0 Å². The highest BCUT2D eigenvalue weighted by Gasteiger charge is 2.37. The largest absolute Gasteiger partial charge is 0.465 e. The second-order valence-corrected chi connectivity index (χ2v) is 14.0. The summed E-state index contributed by atoms with van der Waals surface area (Å²) in [5, 5.41) is 2.63. The van der Waals surface area contributed by atoms with E-state index in [-0.39, 0.29) is 10.8 Å². The van der Waals surface area contributed by atoms with Crippen LogP contribution in [0.5, 0.6) is 0 Å². The smallest absolute Gasteiger partial charge is 0.339 e. The second kappa shape index (κ2) is 12.2. The minimum Gasteiger partial charge on any atom is -0.465 e. The molecule has 0 amide bonds. The van der Waals surface area contributed by atoms with Crippen molar-refractivity contribution in [3.05, 3.63) is 79.9 Å². The fraction of sp³-hybridized carbons (Fsp3) is 0.526. The molecule has 226 valence electrons. The molecule has 0 unspecified atom stereocenters. The van der Waals surface area contributed by atoms with Crippen LogP contribution in [0.25, 0.3) is 10.8 Å². The van der Waals surface area contributed by atoms with Crippen LogP contribution in [0.15, 0.2) is 24.3 Å². The summed E-state index contributed by atoms with van der Waals surface area (Å²) in [4.78, 5) is 27.1. The minimum absolute atomic E-state index is 0.0800. The zero-order valence-electron chi connectivity index (χ0n) is 27.6. The summed E-state index contributed by atoms with van der Waals surface area (Å²) in [5.74, 6) is -0.893. The number of benzene rings is 3. The van der Waals surface area contributed by atoms with E-state index in [1.54, 1.807) is 0 Å².